The van der Waals surface area contributed by atoms with E-state index in [1.54, 1.807) is 5.48 Å². The van der Waals surface area contributed by atoms with Crippen molar-refractivity contribution in [2.24, 2.45) is 11.7 Å². The van der Waals surface area contributed by atoms with Crippen molar-refractivity contribution in [1.82, 2.24) is 5.48 Å². The molecule has 0 aromatic rings. The standard InChI is InChI=1S/C11H22N2O2/c1-4-5-8(2)9(3)10(12)6-7-11(14)13-15/h8,10,15H,3-7,12H2,1-2H3,(H,13,14). The highest BCUT2D eigenvalue weighted by atomic mass is 16.5. The number of rotatable bonds is 7. The smallest absolute Gasteiger partial charge is 0.243 e. The van der Waals surface area contributed by atoms with Gasteiger partial charge in [-0.15, -0.1) is 0 Å². The molecule has 0 saturated carbocycles. The van der Waals surface area contributed by atoms with Gasteiger partial charge < -0.3 is 5.73 Å². The lowest BCUT2D eigenvalue weighted by atomic mass is 9.90. The first-order valence-corrected chi connectivity index (χ1v) is 5.40. The number of amides is 1. The van der Waals surface area contributed by atoms with Gasteiger partial charge in [-0.1, -0.05) is 32.4 Å². The minimum Gasteiger partial charge on any atom is -0.324 e. The highest BCUT2D eigenvalue weighted by Gasteiger charge is 2.14. The second-order valence-corrected chi connectivity index (χ2v) is 3.94. The summed E-state index contributed by atoms with van der Waals surface area (Å²) in [6.45, 7) is 8.17. The van der Waals surface area contributed by atoms with Crippen molar-refractivity contribution in [3.63, 3.8) is 0 Å². The van der Waals surface area contributed by atoms with Crippen molar-refractivity contribution in [2.45, 2.75) is 45.6 Å². The van der Waals surface area contributed by atoms with Gasteiger partial charge in [0.2, 0.25) is 5.91 Å². The Morgan fingerprint density at radius 1 is 1.53 bits per heavy atom. The van der Waals surface area contributed by atoms with Crippen LogP contribution in [0.15, 0.2) is 12.2 Å². The summed E-state index contributed by atoms with van der Waals surface area (Å²) in [5, 5.41) is 8.32. The lowest BCUT2D eigenvalue weighted by Gasteiger charge is -2.20. The first-order valence-electron chi connectivity index (χ1n) is 5.40. The summed E-state index contributed by atoms with van der Waals surface area (Å²) in [4.78, 5) is 10.8. The number of hydroxylamine groups is 1. The molecule has 4 nitrogen and oxygen atoms in total. The van der Waals surface area contributed by atoms with E-state index in [9.17, 15) is 4.79 Å². The van der Waals surface area contributed by atoms with Crippen molar-refractivity contribution in [2.75, 3.05) is 0 Å². The quantitative estimate of drug-likeness (QED) is 0.342. The van der Waals surface area contributed by atoms with Crippen molar-refractivity contribution in [3.8, 4) is 0 Å². The van der Waals surface area contributed by atoms with Gasteiger partial charge in [-0.2, -0.15) is 0 Å². The molecule has 88 valence electrons. The van der Waals surface area contributed by atoms with E-state index in [0.717, 1.165) is 18.4 Å². The van der Waals surface area contributed by atoms with Gasteiger partial charge in [0, 0.05) is 12.5 Å². The fourth-order valence-electron chi connectivity index (χ4n) is 1.51. The van der Waals surface area contributed by atoms with Gasteiger partial charge in [-0.05, 0) is 18.8 Å². The van der Waals surface area contributed by atoms with E-state index in [0.29, 0.717) is 12.3 Å². The number of nitrogens with two attached hydrogens (primary N) is 1. The number of carbonyl (C=O) groups excluding carboxylic acids is 1. The summed E-state index contributed by atoms with van der Waals surface area (Å²) < 4.78 is 0. The predicted molar refractivity (Wildman–Crippen MR) is 60.4 cm³/mol. The average Bonchev–Trinajstić information content (AvgIpc) is 2.24. The summed E-state index contributed by atoms with van der Waals surface area (Å²) in [5.41, 5.74) is 8.47. The van der Waals surface area contributed by atoms with Gasteiger partial charge in [-0.25, -0.2) is 5.48 Å². The molecule has 0 aromatic carbocycles. The molecule has 0 radical (unpaired) electrons. The molecule has 0 rings (SSSR count). The van der Waals surface area contributed by atoms with E-state index in [2.05, 4.69) is 20.4 Å². The van der Waals surface area contributed by atoms with Gasteiger partial charge in [0.25, 0.3) is 0 Å². The normalized spacial score (nSPS) is 14.4. The summed E-state index contributed by atoms with van der Waals surface area (Å²) in [6, 6.07) is -0.163. The highest BCUT2D eigenvalue weighted by molar-refractivity contribution is 5.74. The second kappa shape index (κ2) is 7.43. The molecule has 0 spiro atoms. The monoisotopic (exact) mass is 214 g/mol. The number of hydrogen-bond donors (Lipinski definition) is 3. The van der Waals surface area contributed by atoms with E-state index in [1.165, 1.54) is 0 Å². The molecule has 0 aliphatic carbocycles. The lowest BCUT2D eigenvalue weighted by Crippen LogP contribution is -2.28. The zero-order valence-corrected chi connectivity index (χ0v) is 9.62. The third-order valence-electron chi connectivity index (χ3n) is 2.64. The zero-order chi connectivity index (χ0) is 11.8. The molecule has 0 aromatic heterocycles. The van der Waals surface area contributed by atoms with Crippen LogP contribution in [0.5, 0.6) is 0 Å². The summed E-state index contributed by atoms with van der Waals surface area (Å²) in [6.07, 6.45) is 2.93. The van der Waals surface area contributed by atoms with E-state index in [4.69, 9.17) is 10.9 Å². The van der Waals surface area contributed by atoms with Crippen LogP contribution in [0.4, 0.5) is 0 Å². The molecule has 1 amide bonds. The Balaban J connectivity index is 3.93. The first-order chi connectivity index (χ1) is 7.02. The molecular formula is C11H22N2O2. The minimum atomic E-state index is -0.401. The Morgan fingerprint density at radius 3 is 2.60 bits per heavy atom. The fourth-order valence-corrected chi connectivity index (χ4v) is 1.51. The van der Waals surface area contributed by atoms with Gasteiger partial charge in [-0.3, -0.25) is 10.0 Å². The van der Waals surface area contributed by atoms with Crippen LogP contribution in [0.3, 0.4) is 0 Å². The van der Waals surface area contributed by atoms with E-state index < -0.39 is 5.91 Å². The topological polar surface area (TPSA) is 75.4 Å². The van der Waals surface area contributed by atoms with Crippen molar-refractivity contribution in [1.29, 1.82) is 0 Å². The average molecular weight is 214 g/mol. The lowest BCUT2D eigenvalue weighted by molar-refractivity contribution is -0.129. The Bertz CT molecular complexity index is 217. The van der Waals surface area contributed by atoms with Gasteiger partial charge in [0.15, 0.2) is 0 Å². The maximum atomic E-state index is 10.8. The number of nitrogens with one attached hydrogen (secondary N) is 1. The predicted octanol–water partition coefficient (Wildman–Crippen LogP) is 1.59. The van der Waals surface area contributed by atoms with Crippen LogP contribution in [-0.4, -0.2) is 17.2 Å². The van der Waals surface area contributed by atoms with Crippen LogP contribution in [0, 0.1) is 5.92 Å². The summed E-state index contributed by atoms with van der Waals surface area (Å²) in [5.74, 6) is -0.0106. The van der Waals surface area contributed by atoms with E-state index in [1.807, 2.05) is 0 Å². The SMILES string of the molecule is C=C(C(C)CCC)C(N)CCC(=O)NO. The van der Waals surface area contributed by atoms with Crippen molar-refractivity contribution < 1.29 is 10.0 Å². The molecule has 2 atom stereocenters. The third kappa shape index (κ3) is 5.54. The summed E-state index contributed by atoms with van der Waals surface area (Å²) >= 11 is 0. The molecule has 0 saturated heterocycles. The van der Waals surface area contributed by atoms with Gasteiger partial charge in [0.05, 0.1) is 0 Å². The molecule has 0 heterocycles. The Morgan fingerprint density at radius 2 is 2.13 bits per heavy atom. The Kier molecular flexibility index (Phi) is 6.99. The third-order valence-corrected chi connectivity index (χ3v) is 2.64. The zero-order valence-electron chi connectivity index (χ0n) is 9.62. The molecule has 0 aliphatic heterocycles. The molecule has 0 aliphatic rings. The van der Waals surface area contributed by atoms with E-state index >= 15 is 0 Å². The van der Waals surface area contributed by atoms with Crippen molar-refractivity contribution >= 4 is 5.91 Å². The Hall–Kier alpha value is -0.870. The van der Waals surface area contributed by atoms with Gasteiger partial charge in [0.1, 0.15) is 0 Å². The maximum Gasteiger partial charge on any atom is 0.243 e. The summed E-state index contributed by atoms with van der Waals surface area (Å²) in [7, 11) is 0. The number of carbonyl (C=O) groups is 1. The van der Waals surface area contributed by atoms with Crippen LogP contribution in [0.25, 0.3) is 0 Å². The first kappa shape index (κ1) is 14.1. The van der Waals surface area contributed by atoms with Gasteiger partial charge >= 0.3 is 0 Å². The van der Waals surface area contributed by atoms with Crippen LogP contribution in [-0.2, 0) is 4.79 Å². The van der Waals surface area contributed by atoms with Crippen LogP contribution in [0.1, 0.15) is 39.5 Å². The molecule has 0 fully saturated rings. The second-order valence-electron chi connectivity index (χ2n) is 3.94. The van der Waals surface area contributed by atoms with Crippen molar-refractivity contribution in [3.05, 3.63) is 12.2 Å². The molecule has 2 unspecified atom stereocenters. The van der Waals surface area contributed by atoms with Crippen LogP contribution in [0.2, 0.25) is 0 Å². The molecule has 4 heteroatoms. The van der Waals surface area contributed by atoms with Crippen LogP contribution < -0.4 is 11.2 Å². The van der Waals surface area contributed by atoms with E-state index in [-0.39, 0.29) is 12.5 Å². The maximum absolute atomic E-state index is 10.8. The van der Waals surface area contributed by atoms with Crippen LogP contribution >= 0.6 is 0 Å². The Labute approximate surface area is 91.5 Å². The molecule has 0 bridgehead atoms. The largest absolute Gasteiger partial charge is 0.324 e. The molecule has 15 heavy (non-hydrogen) atoms. The highest BCUT2D eigenvalue weighted by Crippen LogP contribution is 2.19. The number of hydrogen-bond acceptors (Lipinski definition) is 3. The minimum absolute atomic E-state index is 0.163. The fraction of sp³-hybridized carbons (Fsp3) is 0.727. The molecular weight excluding hydrogens is 192 g/mol. The molecule has 4 N–H and O–H groups in total.